The van der Waals surface area contributed by atoms with Crippen molar-refractivity contribution in [3.8, 4) is 44.8 Å². The van der Waals surface area contributed by atoms with Gasteiger partial charge in [0.15, 0.2) is 0 Å². The molecular formula is C60H40N2S. The van der Waals surface area contributed by atoms with Crippen molar-refractivity contribution in [1.82, 2.24) is 9.13 Å². The van der Waals surface area contributed by atoms with Gasteiger partial charge in [0, 0.05) is 46.8 Å². The Morgan fingerprint density at radius 1 is 0.270 bits per heavy atom. The quantitative estimate of drug-likeness (QED) is 0.158. The predicted molar refractivity (Wildman–Crippen MR) is 265 cm³/mol. The van der Waals surface area contributed by atoms with E-state index in [4.69, 9.17) is 0 Å². The SMILES string of the molecule is c1ccc(-c2cccc(S3(c4ccccc4)c4ccccc4-n4c5ccc(-n6c7ccc(-c8ccccc8)cc7c7cc(-c8ccccc8)ccc76)cc5c5cccc3c54)c2)cc1. The molecule has 1 aliphatic rings. The summed E-state index contributed by atoms with van der Waals surface area (Å²) in [7, 11) is -1.95. The molecule has 63 heavy (non-hydrogen) atoms. The second kappa shape index (κ2) is 14.1. The van der Waals surface area contributed by atoms with E-state index in [1.807, 2.05) is 0 Å². The zero-order chi connectivity index (χ0) is 41.5. The summed E-state index contributed by atoms with van der Waals surface area (Å²) in [5, 5.41) is 5.01. The van der Waals surface area contributed by atoms with Crippen LogP contribution < -0.4 is 0 Å². The average molecular weight is 821 g/mol. The van der Waals surface area contributed by atoms with Crippen LogP contribution >= 0.6 is 10.0 Å². The molecule has 2 aromatic heterocycles. The molecular weight excluding hydrogens is 781 g/mol. The summed E-state index contributed by atoms with van der Waals surface area (Å²) < 4.78 is 5.03. The summed E-state index contributed by atoms with van der Waals surface area (Å²) in [6, 6.07) is 90.2. The molecule has 0 amide bonds. The summed E-state index contributed by atoms with van der Waals surface area (Å²) in [6.45, 7) is 0. The van der Waals surface area contributed by atoms with E-state index in [9.17, 15) is 0 Å². The topological polar surface area (TPSA) is 9.86 Å². The molecule has 0 spiro atoms. The lowest BCUT2D eigenvalue weighted by Gasteiger charge is -2.46. The molecule has 10 aromatic carbocycles. The molecule has 1 atom stereocenters. The number of hydrogen-bond donors (Lipinski definition) is 0. The van der Waals surface area contributed by atoms with Gasteiger partial charge >= 0.3 is 0 Å². The maximum Gasteiger partial charge on any atom is 0.0671 e. The highest BCUT2D eigenvalue weighted by Gasteiger charge is 2.41. The molecule has 0 aliphatic carbocycles. The van der Waals surface area contributed by atoms with Gasteiger partial charge < -0.3 is 9.13 Å². The number of rotatable bonds is 6. The van der Waals surface area contributed by atoms with Crippen molar-refractivity contribution in [3.63, 3.8) is 0 Å². The van der Waals surface area contributed by atoms with Gasteiger partial charge in [0.25, 0.3) is 0 Å². The molecule has 1 aliphatic heterocycles. The van der Waals surface area contributed by atoms with E-state index in [2.05, 4.69) is 252 Å². The van der Waals surface area contributed by atoms with E-state index >= 15 is 0 Å². The first-order valence-electron chi connectivity index (χ1n) is 21.7. The van der Waals surface area contributed by atoms with Crippen LogP contribution in [0.5, 0.6) is 0 Å². The van der Waals surface area contributed by atoms with Crippen molar-refractivity contribution in [1.29, 1.82) is 0 Å². The van der Waals surface area contributed by atoms with Gasteiger partial charge in [0.1, 0.15) is 0 Å². The Bertz CT molecular complexity index is 3620. The highest BCUT2D eigenvalue weighted by atomic mass is 32.3. The standard InChI is InChI=1S/C60H40N2S/c1-5-17-41(18-6-1)44-23-15-26-49(37-44)63(48-24-11-4-12-25-48)58-29-14-13-28-57(58)62-56-36-33-47(40-53(56)50-27-16-30-59(63)60(50)62)61-54-34-31-45(42-19-7-2-8-20-42)38-51(54)52-39-46(32-35-55(52)61)43-21-9-3-10-22-43/h1-40H. The number of para-hydroxylation sites is 2. The number of nitrogens with zero attached hydrogens (tertiary/aromatic N) is 2. The minimum atomic E-state index is -1.95. The molecule has 13 rings (SSSR count). The monoisotopic (exact) mass is 820 g/mol. The first-order valence-corrected chi connectivity index (χ1v) is 23.3. The van der Waals surface area contributed by atoms with Gasteiger partial charge in [0.05, 0.1) is 27.8 Å². The fourth-order valence-corrected chi connectivity index (χ4v) is 14.6. The fourth-order valence-electron chi connectivity index (χ4n) is 10.4. The van der Waals surface area contributed by atoms with Crippen LogP contribution in [0.1, 0.15) is 0 Å². The number of hydrogen-bond acceptors (Lipinski definition) is 0. The summed E-state index contributed by atoms with van der Waals surface area (Å²) in [4.78, 5) is 5.39. The summed E-state index contributed by atoms with van der Waals surface area (Å²) in [5.41, 5.74) is 14.6. The lowest BCUT2D eigenvalue weighted by Crippen LogP contribution is -2.14. The van der Waals surface area contributed by atoms with Crippen LogP contribution in [-0.4, -0.2) is 9.13 Å². The Morgan fingerprint density at radius 3 is 1.37 bits per heavy atom. The third-order valence-electron chi connectivity index (χ3n) is 13.1. The Kier molecular flexibility index (Phi) is 8.03. The van der Waals surface area contributed by atoms with Gasteiger partial charge in [-0.05, 0) is 118 Å². The van der Waals surface area contributed by atoms with Crippen molar-refractivity contribution in [2.75, 3.05) is 0 Å². The maximum absolute atomic E-state index is 2.55. The summed E-state index contributed by atoms with van der Waals surface area (Å²) >= 11 is 0. The zero-order valence-electron chi connectivity index (χ0n) is 34.4. The Morgan fingerprint density at radius 2 is 0.730 bits per heavy atom. The number of fused-ring (bicyclic) bond motifs is 8. The highest BCUT2D eigenvalue weighted by Crippen LogP contribution is 2.77. The van der Waals surface area contributed by atoms with Gasteiger partial charge in [-0.25, -0.2) is 0 Å². The third kappa shape index (κ3) is 5.33. The molecule has 2 nitrogen and oxygen atoms in total. The molecule has 0 saturated carbocycles. The van der Waals surface area contributed by atoms with Crippen LogP contribution in [-0.2, 0) is 0 Å². The molecule has 3 heteroatoms. The van der Waals surface area contributed by atoms with Crippen molar-refractivity contribution in [2.24, 2.45) is 0 Å². The Hall–Kier alpha value is -7.85. The molecule has 0 fully saturated rings. The smallest absolute Gasteiger partial charge is 0.0671 e. The largest absolute Gasteiger partial charge is 0.309 e. The van der Waals surface area contributed by atoms with Gasteiger partial charge in [-0.15, -0.1) is 10.0 Å². The van der Waals surface area contributed by atoms with E-state index in [1.165, 1.54) is 102 Å². The summed E-state index contributed by atoms with van der Waals surface area (Å²) in [5.74, 6) is 0. The summed E-state index contributed by atoms with van der Waals surface area (Å²) in [6.07, 6.45) is 0. The van der Waals surface area contributed by atoms with E-state index in [1.54, 1.807) is 0 Å². The second-order valence-electron chi connectivity index (χ2n) is 16.5. The molecule has 0 N–H and O–H groups in total. The van der Waals surface area contributed by atoms with Crippen LogP contribution in [0.2, 0.25) is 0 Å². The minimum Gasteiger partial charge on any atom is -0.309 e. The van der Waals surface area contributed by atoms with Crippen LogP contribution in [0.3, 0.4) is 0 Å². The average Bonchev–Trinajstić information content (AvgIpc) is 3.88. The minimum absolute atomic E-state index is 1.15. The first kappa shape index (κ1) is 35.9. The van der Waals surface area contributed by atoms with Crippen LogP contribution in [0.25, 0.3) is 88.4 Å². The molecule has 296 valence electrons. The van der Waals surface area contributed by atoms with Crippen molar-refractivity contribution >= 4 is 53.6 Å². The molecule has 0 bridgehead atoms. The van der Waals surface area contributed by atoms with Crippen LogP contribution in [0.4, 0.5) is 0 Å². The Labute approximate surface area is 367 Å². The van der Waals surface area contributed by atoms with Crippen LogP contribution in [0.15, 0.2) is 262 Å². The molecule has 1 unspecified atom stereocenters. The molecule has 12 aromatic rings. The third-order valence-corrected chi connectivity index (χ3v) is 17.1. The lowest BCUT2D eigenvalue weighted by atomic mass is 10.0. The number of benzene rings is 10. The van der Waals surface area contributed by atoms with Gasteiger partial charge in [-0.1, -0.05) is 158 Å². The van der Waals surface area contributed by atoms with E-state index in [0.717, 1.165) is 5.69 Å². The van der Waals surface area contributed by atoms with Crippen molar-refractivity contribution in [3.05, 3.63) is 243 Å². The molecule has 0 radical (unpaired) electrons. The normalized spacial score (nSPS) is 15.4. The Balaban J connectivity index is 1.08. The zero-order valence-corrected chi connectivity index (χ0v) is 35.2. The van der Waals surface area contributed by atoms with Crippen molar-refractivity contribution < 1.29 is 0 Å². The van der Waals surface area contributed by atoms with Gasteiger partial charge in [-0.3, -0.25) is 0 Å². The van der Waals surface area contributed by atoms with E-state index < -0.39 is 10.0 Å². The van der Waals surface area contributed by atoms with E-state index in [0.29, 0.717) is 0 Å². The first-order chi connectivity index (χ1) is 31.3. The lowest BCUT2D eigenvalue weighted by molar-refractivity contribution is 1.06. The fraction of sp³-hybridized carbons (Fsp3) is 0. The van der Waals surface area contributed by atoms with E-state index in [-0.39, 0.29) is 0 Å². The van der Waals surface area contributed by atoms with Crippen LogP contribution in [0, 0.1) is 0 Å². The highest BCUT2D eigenvalue weighted by molar-refractivity contribution is 8.34. The maximum atomic E-state index is 2.55. The number of aromatic nitrogens is 2. The van der Waals surface area contributed by atoms with Crippen molar-refractivity contribution in [2.45, 2.75) is 19.6 Å². The predicted octanol–water partition coefficient (Wildman–Crippen LogP) is 16.5. The second-order valence-corrected chi connectivity index (χ2v) is 19.6. The molecule has 3 heterocycles. The molecule has 0 saturated heterocycles. The van der Waals surface area contributed by atoms with Gasteiger partial charge in [0.2, 0.25) is 0 Å². The van der Waals surface area contributed by atoms with Gasteiger partial charge in [-0.2, -0.15) is 0 Å².